The van der Waals surface area contributed by atoms with Crippen LogP contribution in [0.2, 0.25) is 0 Å². The van der Waals surface area contributed by atoms with E-state index in [9.17, 15) is 19.2 Å². The Hall–Kier alpha value is -3.40. The first-order valence-electron chi connectivity index (χ1n) is 8.44. The van der Waals surface area contributed by atoms with Gasteiger partial charge in [-0.1, -0.05) is 30.3 Å². The van der Waals surface area contributed by atoms with Gasteiger partial charge in [-0.25, -0.2) is 4.79 Å². The first-order valence-corrected chi connectivity index (χ1v) is 8.44. The highest BCUT2D eigenvalue weighted by molar-refractivity contribution is 5.97. The number of esters is 1. The van der Waals surface area contributed by atoms with Gasteiger partial charge >= 0.3 is 11.7 Å². The van der Waals surface area contributed by atoms with Gasteiger partial charge in [0.25, 0.3) is 11.5 Å². The fourth-order valence-corrected chi connectivity index (χ4v) is 2.55. The summed E-state index contributed by atoms with van der Waals surface area (Å²) >= 11 is 0. The highest BCUT2D eigenvalue weighted by Crippen LogP contribution is 2.18. The first-order chi connectivity index (χ1) is 13.3. The quantitative estimate of drug-likeness (QED) is 0.591. The zero-order chi connectivity index (χ0) is 20.7. The lowest BCUT2D eigenvalue weighted by molar-refractivity contribution is -0.145. The number of methoxy groups -OCH3 is 1. The van der Waals surface area contributed by atoms with Crippen LogP contribution in [0, 0.1) is 0 Å². The van der Waals surface area contributed by atoms with Crippen LogP contribution in [0.1, 0.15) is 12.5 Å². The van der Waals surface area contributed by atoms with Gasteiger partial charge in [-0.05, 0) is 5.56 Å². The Bertz CT molecular complexity index is 951. The minimum absolute atomic E-state index is 0.0204. The van der Waals surface area contributed by atoms with Crippen molar-refractivity contribution in [2.45, 2.75) is 13.5 Å². The van der Waals surface area contributed by atoms with Crippen molar-refractivity contribution in [1.29, 1.82) is 0 Å². The van der Waals surface area contributed by atoms with E-state index < -0.39 is 29.7 Å². The number of carbonyl (C=O) groups excluding carboxylic acids is 2. The third-order valence-electron chi connectivity index (χ3n) is 3.89. The molecule has 0 unspecified atom stereocenters. The van der Waals surface area contributed by atoms with E-state index in [2.05, 4.69) is 4.98 Å². The van der Waals surface area contributed by atoms with E-state index in [1.54, 1.807) is 24.3 Å². The molecule has 0 saturated carbocycles. The number of carbonyl (C=O) groups is 2. The summed E-state index contributed by atoms with van der Waals surface area (Å²) in [5, 5.41) is 0. The molecule has 0 atom stereocenters. The number of nitrogen functional groups attached to an aromatic ring is 1. The van der Waals surface area contributed by atoms with Gasteiger partial charge in [0.1, 0.15) is 5.82 Å². The Morgan fingerprint density at radius 1 is 1.21 bits per heavy atom. The molecule has 1 amide bonds. The number of nitrogens with two attached hydrogens (primary N) is 1. The van der Waals surface area contributed by atoms with Crippen LogP contribution in [0.25, 0.3) is 0 Å². The average molecular weight is 390 g/mol. The molecule has 0 radical (unpaired) electrons. The summed E-state index contributed by atoms with van der Waals surface area (Å²) in [4.78, 5) is 51.4. The molecular formula is C18H22N4O6. The maximum Gasteiger partial charge on any atom is 0.330 e. The molecule has 2 aromatic rings. The zero-order valence-corrected chi connectivity index (χ0v) is 15.6. The van der Waals surface area contributed by atoms with E-state index in [0.717, 1.165) is 22.0 Å². The molecule has 0 aliphatic rings. The molecule has 150 valence electrons. The van der Waals surface area contributed by atoms with E-state index in [1.165, 1.54) is 7.11 Å². The topological polar surface area (TPSA) is 137 Å². The summed E-state index contributed by atoms with van der Waals surface area (Å²) in [6.07, 6.45) is 0. The van der Waals surface area contributed by atoms with Crippen LogP contribution >= 0.6 is 0 Å². The van der Waals surface area contributed by atoms with Gasteiger partial charge in [0.2, 0.25) is 0 Å². The number of nitrogens with zero attached hydrogens (tertiary/aromatic N) is 2. The zero-order valence-electron chi connectivity index (χ0n) is 15.6. The fourth-order valence-electron chi connectivity index (χ4n) is 2.55. The highest BCUT2D eigenvalue weighted by Gasteiger charge is 2.24. The third-order valence-corrected chi connectivity index (χ3v) is 3.89. The lowest BCUT2D eigenvalue weighted by atomic mass is 10.2. The smallest absolute Gasteiger partial charge is 0.330 e. The van der Waals surface area contributed by atoms with E-state index in [1.807, 2.05) is 6.07 Å². The summed E-state index contributed by atoms with van der Waals surface area (Å²) in [7, 11) is 1.43. The van der Waals surface area contributed by atoms with Crippen LogP contribution in [0.3, 0.4) is 0 Å². The van der Waals surface area contributed by atoms with Gasteiger partial charge in [0.15, 0.2) is 12.3 Å². The maximum absolute atomic E-state index is 12.5. The van der Waals surface area contributed by atoms with Crippen molar-refractivity contribution in [3.05, 3.63) is 56.7 Å². The summed E-state index contributed by atoms with van der Waals surface area (Å²) < 4.78 is 10.9. The number of nitrogens with one attached hydrogen (secondary N) is 1. The van der Waals surface area contributed by atoms with Crippen LogP contribution < -0.4 is 21.9 Å². The number of benzene rings is 1. The van der Waals surface area contributed by atoms with E-state index in [0.29, 0.717) is 0 Å². The average Bonchev–Trinajstić information content (AvgIpc) is 2.66. The molecule has 2 rings (SSSR count). The van der Waals surface area contributed by atoms with Gasteiger partial charge in [-0.2, -0.15) is 0 Å². The first kappa shape index (κ1) is 20.9. The molecular weight excluding hydrogens is 368 g/mol. The van der Waals surface area contributed by atoms with Gasteiger partial charge in [0.05, 0.1) is 13.2 Å². The molecule has 0 aliphatic carbocycles. The summed E-state index contributed by atoms with van der Waals surface area (Å²) in [5.41, 5.74) is 5.16. The molecule has 28 heavy (non-hydrogen) atoms. The van der Waals surface area contributed by atoms with E-state index >= 15 is 0 Å². The minimum atomic E-state index is -0.820. The Kier molecular flexibility index (Phi) is 7.10. The van der Waals surface area contributed by atoms with Crippen LogP contribution in [-0.2, 0) is 25.6 Å². The van der Waals surface area contributed by atoms with Gasteiger partial charge < -0.3 is 15.2 Å². The lowest BCUT2D eigenvalue weighted by Crippen LogP contribution is -2.44. The summed E-state index contributed by atoms with van der Waals surface area (Å²) in [6, 6.07) is 9.03. The SMILES string of the molecule is COCCN(C(=O)COC(C)=O)c1c(N)n(Cc2ccccc2)c(=O)[nH]c1=O. The molecule has 10 nitrogen and oxygen atoms in total. The predicted octanol–water partition coefficient (Wildman–Crippen LogP) is -0.290. The molecule has 0 saturated heterocycles. The number of ether oxygens (including phenoxy) is 2. The molecule has 0 bridgehead atoms. The van der Waals surface area contributed by atoms with Crippen molar-refractivity contribution in [2.24, 2.45) is 0 Å². The summed E-state index contributed by atoms with van der Waals surface area (Å²) in [5.74, 6) is -1.49. The Morgan fingerprint density at radius 3 is 2.50 bits per heavy atom. The van der Waals surface area contributed by atoms with Crippen LogP contribution in [-0.4, -0.2) is 48.3 Å². The maximum atomic E-state index is 12.5. The molecule has 10 heteroatoms. The van der Waals surface area contributed by atoms with E-state index in [4.69, 9.17) is 15.2 Å². The number of aromatic amines is 1. The third kappa shape index (κ3) is 5.07. The Labute approximate surface area is 160 Å². The molecule has 1 aromatic heterocycles. The standard InChI is InChI=1S/C18H22N4O6/c1-12(23)28-11-14(24)21(8-9-27-2)15-16(19)22(18(26)20-17(15)25)10-13-6-4-3-5-7-13/h3-7H,8-11,19H2,1-2H3,(H,20,25,26). The molecule has 0 spiro atoms. The summed E-state index contributed by atoms with van der Waals surface area (Å²) in [6.45, 7) is 0.769. The normalized spacial score (nSPS) is 10.5. The predicted molar refractivity (Wildman–Crippen MR) is 102 cm³/mol. The Morgan fingerprint density at radius 2 is 1.89 bits per heavy atom. The van der Waals surface area contributed by atoms with Crippen molar-refractivity contribution in [1.82, 2.24) is 9.55 Å². The lowest BCUT2D eigenvalue weighted by Gasteiger charge is -2.24. The molecule has 0 fully saturated rings. The minimum Gasteiger partial charge on any atom is -0.456 e. The van der Waals surface area contributed by atoms with Crippen molar-refractivity contribution >= 4 is 23.4 Å². The van der Waals surface area contributed by atoms with Gasteiger partial charge in [0, 0.05) is 20.6 Å². The highest BCUT2D eigenvalue weighted by atomic mass is 16.5. The second kappa shape index (κ2) is 9.51. The monoisotopic (exact) mass is 390 g/mol. The molecule has 3 N–H and O–H groups in total. The van der Waals surface area contributed by atoms with Crippen molar-refractivity contribution in [2.75, 3.05) is 37.5 Å². The number of rotatable bonds is 8. The number of aromatic nitrogens is 2. The van der Waals surface area contributed by atoms with Crippen molar-refractivity contribution in [3.63, 3.8) is 0 Å². The van der Waals surface area contributed by atoms with Gasteiger partial charge in [-0.15, -0.1) is 0 Å². The second-order valence-corrected chi connectivity index (χ2v) is 5.88. The molecule has 1 heterocycles. The van der Waals surface area contributed by atoms with Crippen molar-refractivity contribution in [3.8, 4) is 0 Å². The number of anilines is 2. The van der Waals surface area contributed by atoms with E-state index in [-0.39, 0.29) is 31.2 Å². The van der Waals surface area contributed by atoms with Crippen molar-refractivity contribution < 1.29 is 19.1 Å². The largest absolute Gasteiger partial charge is 0.456 e. The molecule has 1 aromatic carbocycles. The van der Waals surface area contributed by atoms with Gasteiger partial charge in [-0.3, -0.25) is 28.8 Å². The molecule has 0 aliphatic heterocycles. The fraction of sp³-hybridized carbons (Fsp3) is 0.333. The number of H-pyrrole nitrogens is 1. The number of hydrogen-bond acceptors (Lipinski definition) is 7. The van der Waals surface area contributed by atoms with Crippen LogP contribution in [0.5, 0.6) is 0 Å². The number of amides is 1. The number of hydrogen-bond donors (Lipinski definition) is 2. The van der Waals surface area contributed by atoms with Crippen LogP contribution in [0.15, 0.2) is 39.9 Å². The van der Waals surface area contributed by atoms with Crippen LogP contribution in [0.4, 0.5) is 11.5 Å². The second-order valence-electron chi connectivity index (χ2n) is 5.88. The Balaban J connectivity index is 2.48.